The molecule has 0 spiro atoms. The van der Waals surface area contributed by atoms with E-state index in [1.165, 1.54) is 17.1 Å². The third-order valence-corrected chi connectivity index (χ3v) is 4.38. The maximum Gasteiger partial charge on any atom is 0.191 e. The summed E-state index contributed by atoms with van der Waals surface area (Å²) in [6.45, 7) is 3.43. The van der Waals surface area contributed by atoms with Gasteiger partial charge in [-0.3, -0.25) is 4.99 Å². The van der Waals surface area contributed by atoms with Crippen LogP contribution < -0.4 is 10.6 Å². The maximum atomic E-state index is 13.1. The highest BCUT2D eigenvalue weighted by molar-refractivity contribution is 7.09. The minimum absolute atomic E-state index is 0.218. The smallest absolute Gasteiger partial charge is 0.191 e. The molecule has 1 aromatic carbocycles. The van der Waals surface area contributed by atoms with Crippen molar-refractivity contribution < 1.29 is 4.39 Å². The molecule has 2 N–H and O–H groups in total. The minimum Gasteiger partial charge on any atom is -0.356 e. The van der Waals surface area contributed by atoms with Crippen LogP contribution in [0.4, 0.5) is 4.39 Å². The van der Waals surface area contributed by atoms with Crippen LogP contribution in [0.5, 0.6) is 0 Å². The van der Waals surface area contributed by atoms with Crippen molar-refractivity contribution in [2.45, 2.75) is 32.7 Å². The first kappa shape index (κ1) is 17.4. The average molecular weight is 334 g/mol. The predicted molar refractivity (Wildman–Crippen MR) is 94.4 cm³/mol. The molecule has 1 aromatic heterocycles. The zero-order chi connectivity index (χ0) is 16.5. The predicted octanol–water partition coefficient (Wildman–Crippen LogP) is 3.28. The van der Waals surface area contributed by atoms with E-state index in [0.29, 0.717) is 6.54 Å². The van der Waals surface area contributed by atoms with E-state index in [0.717, 1.165) is 43.0 Å². The molecule has 0 saturated carbocycles. The molecule has 2 rings (SSSR count). The highest BCUT2D eigenvalue weighted by atomic mass is 32.1. The lowest BCUT2D eigenvalue weighted by molar-refractivity contribution is 0.624. The van der Waals surface area contributed by atoms with Gasteiger partial charge in [0.2, 0.25) is 0 Å². The second-order valence-corrected chi connectivity index (χ2v) is 6.26. The fourth-order valence-corrected chi connectivity index (χ4v) is 3.00. The Morgan fingerprint density at radius 2 is 2.17 bits per heavy atom. The third-order valence-electron chi connectivity index (χ3n) is 3.35. The summed E-state index contributed by atoms with van der Waals surface area (Å²) in [5.41, 5.74) is 2.00. The molecule has 1 heterocycles. The number of benzene rings is 1. The SMILES string of the molecule is CN=C(NCCCCc1nc(C)cs1)NCc1cccc(F)c1. The van der Waals surface area contributed by atoms with E-state index in [4.69, 9.17) is 0 Å². The summed E-state index contributed by atoms with van der Waals surface area (Å²) in [6, 6.07) is 6.57. The molecule has 0 fully saturated rings. The van der Waals surface area contributed by atoms with Crippen LogP contribution in [0.3, 0.4) is 0 Å². The van der Waals surface area contributed by atoms with Crippen molar-refractivity contribution in [3.63, 3.8) is 0 Å². The number of hydrogen-bond acceptors (Lipinski definition) is 3. The Hall–Kier alpha value is -1.95. The van der Waals surface area contributed by atoms with Gasteiger partial charge in [-0.15, -0.1) is 11.3 Å². The Kier molecular flexibility index (Phi) is 7.00. The molecule has 0 atom stereocenters. The zero-order valence-electron chi connectivity index (χ0n) is 13.6. The van der Waals surface area contributed by atoms with E-state index in [9.17, 15) is 4.39 Å². The number of aryl methyl sites for hydroxylation is 2. The number of aromatic nitrogens is 1. The number of nitrogens with one attached hydrogen (secondary N) is 2. The maximum absolute atomic E-state index is 13.1. The van der Waals surface area contributed by atoms with E-state index < -0.39 is 0 Å². The van der Waals surface area contributed by atoms with Crippen molar-refractivity contribution in [2.75, 3.05) is 13.6 Å². The Bertz CT molecular complexity index is 639. The Labute approximate surface area is 140 Å². The molecule has 0 radical (unpaired) electrons. The van der Waals surface area contributed by atoms with Gasteiger partial charge in [0.05, 0.1) is 5.01 Å². The van der Waals surface area contributed by atoms with Crippen LogP contribution in [-0.4, -0.2) is 24.5 Å². The van der Waals surface area contributed by atoms with E-state index in [1.807, 2.05) is 13.0 Å². The number of hydrogen-bond donors (Lipinski definition) is 2. The lowest BCUT2D eigenvalue weighted by Crippen LogP contribution is -2.37. The minimum atomic E-state index is -0.218. The van der Waals surface area contributed by atoms with Crippen molar-refractivity contribution in [1.82, 2.24) is 15.6 Å². The molecule has 0 aliphatic heterocycles. The van der Waals surface area contributed by atoms with Crippen molar-refractivity contribution in [1.29, 1.82) is 0 Å². The van der Waals surface area contributed by atoms with Crippen LogP contribution >= 0.6 is 11.3 Å². The number of aliphatic imine (C=N–C) groups is 1. The Morgan fingerprint density at radius 3 is 2.87 bits per heavy atom. The number of rotatable bonds is 7. The quantitative estimate of drug-likeness (QED) is 0.464. The van der Waals surface area contributed by atoms with Crippen molar-refractivity contribution >= 4 is 17.3 Å². The summed E-state index contributed by atoms with van der Waals surface area (Å²) in [6.07, 6.45) is 3.18. The first-order valence-electron chi connectivity index (χ1n) is 7.77. The molecule has 6 heteroatoms. The Morgan fingerprint density at radius 1 is 1.30 bits per heavy atom. The van der Waals surface area contributed by atoms with E-state index >= 15 is 0 Å². The number of thiazole rings is 1. The second-order valence-electron chi connectivity index (χ2n) is 5.32. The average Bonchev–Trinajstić information content (AvgIpc) is 2.95. The molecule has 0 bridgehead atoms. The van der Waals surface area contributed by atoms with E-state index in [1.54, 1.807) is 24.5 Å². The molecular weight excluding hydrogens is 311 g/mol. The zero-order valence-corrected chi connectivity index (χ0v) is 14.4. The van der Waals surface area contributed by atoms with Gasteiger partial charge in [0.15, 0.2) is 5.96 Å². The van der Waals surface area contributed by atoms with Gasteiger partial charge in [-0.25, -0.2) is 9.37 Å². The molecule has 2 aromatic rings. The molecule has 0 saturated heterocycles. The molecule has 124 valence electrons. The third kappa shape index (κ3) is 6.36. The number of unbranched alkanes of at least 4 members (excludes halogenated alkanes) is 1. The van der Waals surface area contributed by atoms with Crippen LogP contribution in [0, 0.1) is 12.7 Å². The molecule has 0 unspecified atom stereocenters. The van der Waals surface area contributed by atoms with Crippen molar-refractivity contribution in [3.8, 4) is 0 Å². The van der Waals surface area contributed by atoms with Crippen molar-refractivity contribution in [2.24, 2.45) is 4.99 Å². The van der Waals surface area contributed by atoms with Crippen LogP contribution in [0.15, 0.2) is 34.6 Å². The molecular formula is C17H23FN4S. The number of nitrogens with zero attached hydrogens (tertiary/aromatic N) is 2. The summed E-state index contributed by atoms with van der Waals surface area (Å²) >= 11 is 1.73. The van der Waals surface area contributed by atoms with Gasteiger partial charge in [-0.1, -0.05) is 12.1 Å². The molecule has 0 aliphatic rings. The van der Waals surface area contributed by atoms with E-state index in [2.05, 4.69) is 26.0 Å². The number of guanidine groups is 1. The van der Waals surface area contributed by atoms with Gasteiger partial charge in [-0.05, 0) is 43.9 Å². The molecule has 4 nitrogen and oxygen atoms in total. The number of halogens is 1. The van der Waals surface area contributed by atoms with Crippen molar-refractivity contribution in [3.05, 3.63) is 51.7 Å². The largest absolute Gasteiger partial charge is 0.356 e. The first-order chi connectivity index (χ1) is 11.2. The summed E-state index contributed by atoms with van der Waals surface area (Å²) in [7, 11) is 1.74. The summed E-state index contributed by atoms with van der Waals surface area (Å²) < 4.78 is 13.1. The molecule has 23 heavy (non-hydrogen) atoms. The fourth-order valence-electron chi connectivity index (χ4n) is 2.18. The monoisotopic (exact) mass is 334 g/mol. The van der Waals surface area contributed by atoms with Gasteiger partial charge in [0.25, 0.3) is 0 Å². The summed E-state index contributed by atoms with van der Waals surface area (Å²) in [4.78, 5) is 8.64. The standard InChI is InChI=1S/C17H23FN4S/c1-13-12-23-16(22-13)8-3-4-9-20-17(19-2)21-11-14-6-5-7-15(18)10-14/h5-7,10,12H,3-4,8-9,11H2,1-2H3,(H2,19,20,21). The fraction of sp³-hybridized carbons (Fsp3) is 0.412. The Balaban J connectivity index is 1.63. The van der Waals surface area contributed by atoms with Crippen LogP contribution in [-0.2, 0) is 13.0 Å². The second kappa shape index (κ2) is 9.25. The lowest BCUT2D eigenvalue weighted by Gasteiger charge is -2.11. The van der Waals surface area contributed by atoms with Crippen LogP contribution in [0.25, 0.3) is 0 Å². The first-order valence-corrected chi connectivity index (χ1v) is 8.65. The molecule has 0 amide bonds. The summed E-state index contributed by atoms with van der Waals surface area (Å²) in [5, 5.41) is 9.75. The van der Waals surface area contributed by atoms with Gasteiger partial charge in [0.1, 0.15) is 5.82 Å². The van der Waals surface area contributed by atoms with Crippen LogP contribution in [0.2, 0.25) is 0 Å². The molecule has 0 aliphatic carbocycles. The summed E-state index contributed by atoms with van der Waals surface area (Å²) in [5.74, 6) is 0.518. The van der Waals surface area contributed by atoms with Gasteiger partial charge < -0.3 is 10.6 Å². The topological polar surface area (TPSA) is 49.3 Å². The van der Waals surface area contributed by atoms with Crippen LogP contribution in [0.1, 0.15) is 29.1 Å². The van der Waals surface area contributed by atoms with Gasteiger partial charge in [0, 0.05) is 31.2 Å². The van der Waals surface area contributed by atoms with Gasteiger partial charge in [-0.2, -0.15) is 0 Å². The van der Waals surface area contributed by atoms with Gasteiger partial charge >= 0.3 is 0 Å². The highest BCUT2D eigenvalue weighted by Gasteiger charge is 2.01. The van der Waals surface area contributed by atoms with E-state index in [-0.39, 0.29) is 5.82 Å². The lowest BCUT2D eigenvalue weighted by atomic mass is 10.2. The highest BCUT2D eigenvalue weighted by Crippen LogP contribution is 2.11. The normalized spacial score (nSPS) is 11.5.